The number of nitrogens with one attached hydrogen (secondary N) is 1. The number of hydrogen-bond acceptors (Lipinski definition) is 4. The van der Waals surface area contributed by atoms with E-state index in [9.17, 15) is 9.59 Å². The zero-order valence-corrected chi connectivity index (χ0v) is 15.3. The SMILES string of the molecule is COc1ccc(Cl)cc1NC(=O)C1=NN(c2ccc(Cl)cc2)C(=O)CC1. The minimum absolute atomic E-state index is 0.182. The lowest BCUT2D eigenvalue weighted by Gasteiger charge is -2.23. The molecule has 2 amide bonds. The Kier molecular flexibility index (Phi) is 5.44. The number of ether oxygens (including phenoxy) is 1. The predicted octanol–water partition coefficient (Wildman–Crippen LogP) is 4.12. The number of carbonyl (C=O) groups is 2. The second-order valence-electron chi connectivity index (χ2n) is 5.53. The number of halogens is 2. The van der Waals surface area contributed by atoms with Gasteiger partial charge in [0.2, 0.25) is 5.91 Å². The van der Waals surface area contributed by atoms with E-state index in [0.29, 0.717) is 27.2 Å². The van der Waals surface area contributed by atoms with Crippen molar-refractivity contribution in [3.63, 3.8) is 0 Å². The average Bonchev–Trinajstić information content (AvgIpc) is 2.63. The topological polar surface area (TPSA) is 71.0 Å². The number of amides is 2. The Labute approximate surface area is 160 Å². The van der Waals surface area contributed by atoms with Crippen molar-refractivity contribution in [3.8, 4) is 5.75 Å². The summed E-state index contributed by atoms with van der Waals surface area (Å²) in [6, 6.07) is 11.6. The molecule has 0 aromatic heterocycles. The number of anilines is 2. The van der Waals surface area contributed by atoms with E-state index in [1.165, 1.54) is 12.1 Å². The number of hydrogen-bond donors (Lipinski definition) is 1. The Bertz CT molecular complexity index is 882. The maximum atomic E-state index is 12.6. The van der Waals surface area contributed by atoms with E-state index in [-0.39, 0.29) is 24.5 Å². The van der Waals surface area contributed by atoms with Gasteiger partial charge in [-0.05, 0) is 42.5 Å². The molecule has 0 aliphatic carbocycles. The third-order valence-electron chi connectivity index (χ3n) is 3.78. The van der Waals surface area contributed by atoms with Crippen molar-refractivity contribution in [1.29, 1.82) is 0 Å². The van der Waals surface area contributed by atoms with Gasteiger partial charge in [0.05, 0.1) is 18.5 Å². The number of carbonyl (C=O) groups excluding carboxylic acids is 2. The molecule has 0 unspecified atom stereocenters. The summed E-state index contributed by atoms with van der Waals surface area (Å²) in [5.74, 6) is -0.133. The molecule has 6 nitrogen and oxygen atoms in total. The molecule has 1 aliphatic heterocycles. The fourth-order valence-electron chi connectivity index (χ4n) is 2.47. The Morgan fingerprint density at radius 1 is 1.12 bits per heavy atom. The van der Waals surface area contributed by atoms with Crippen molar-refractivity contribution in [3.05, 3.63) is 52.5 Å². The number of methoxy groups -OCH3 is 1. The minimum atomic E-state index is -0.419. The van der Waals surface area contributed by atoms with Crippen LogP contribution >= 0.6 is 23.2 Å². The molecule has 1 aliphatic rings. The van der Waals surface area contributed by atoms with Gasteiger partial charge in [0.1, 0.15) is 11.5 Å². The fraction of sp³-hybridized carbons (Fsp3) is 0.167. The minimum Gasteiger partial charge on any atom is -0.495 e. The highest BCUT2D eigenvalue weighted by atomic mass is 35.5. The Morgan fingerprint density at radius 2 is 1.81 bits per heavy atom. The predicted molar refractivity (Wildman–Crippen MR) is 102 cm³/mol. The highest BCUT2D eigenvalue weighted by Crippen LogP contribution is 2.28. The van der Waals surface area contributed by atoms with Gasteiger partial charge >= 0.3 is 0 Å². The van der Waals surface area contributed by atoms with Crippen molar-refractivity contribution in [1.82, 2.24) is 0 Å². The van der Waals surface area contributed by atoms with Crippen molar-refractivity contribution in [2.75, 3.05) is 17.4 Å². The number of hydrazone groups is 1. The van der Waals surface area contributed by atoms with E-state index in [2.05, 4.69) is 10.4 Å². The zero-order valence-electron chi connectivity index (χ0n) is 13.8. The average molecular weight is 392 g/mol. The molecule has 0 bridgehead atoms. The third-order valence-corrected chi connectivity index (χ3v) is 4.26. The first-order valence-corrected chi connectivity index (χ1v) is 8.54. The quantitative estimate of drug-likeness (QED) is 0.851. The van der Waals surface area contributed by atoms with Gasteiger partial charge in [-0.25, -0.2) is 5.01 Å². The molecule has 1 heterocycles. The fourth-order valence-corrected chi connectivity index (χ4v) is 2.77. The molecule has 0 spiro atoms. The zero-order chi connectivity index (χ0) is 18.7. The molecule has 0 saturated heterocycles. The highest BCUT2D eigenvalue weighted by Gasteiger charge is 2.26. The largest absolute Gasteiger partial charge is 0.495 e. The molecule has 3 rings (SSSR count). The summed E-state index contributed by atoms with van der Waals surface area (Å²) in [6.45, 7) is 0. The standard InChI is InChI=1S/C18H15Cl2N3O3/c1-26-16-8-4-12(20)10-15(16)21-18(25)14-7-9-17(24)23(22-14)13-5-2-11(19)3-6-13/h2-6,8,10H,7,9H2,1H3,(H,21,25). The molecule has 26 heavy (non-hydrogen) atoms. The number of benzene rings is 2. The lowest BCUT2D eigenvalue weighted by Crippen LogP contribution is -2.36. The van der Waals surface area contributed by atoms with Crippen molar-refractivity contribution in [2.45, 2.75) is 12.8 Å². The van der Waals surface area contributed by atoms with E-state index >= 15 is 0 Å². The summed E-state index contributed by atoms with van der Waals surface area (Å²) >= 11 is 11.8. The second kappa shape index (κ2) is 7.76. The Hall–Kier alpha value is -2.57. The van der Waals surface area contributed by atoms with Crippen LogP contribution in [-0.4, -0.2) is 24.6 Å². The number of nitrogens with zero attached hydrogens (tertiary/aromatic N) is 2. The summed E-state index contributed by atoms with van der Waals surface area (Å²) < 4.78 is 5.22. The monoisotopic (exact) mass is 391 g/mol. The first-order valence-electron chi connectivity index (χ1n) is 7.79. The van der Waals surface area contributed by atoms with Gasteiger partial charge in [-0.2, -0.15) is 5.10 Å². The summed E-state index contributed by atoms with van der Waals surface area (Å²) in [4.78, 5) is 24.8. The molecule has 134 valence electrons. The van der Waals surface area contributed by atoms with Gasteiger partial charge in [0.15, 0.2) is 0 Å². The Morgan fingerprint density at radius 3 is 2.50 bits per heavy atom. The van der Waals surface area contributed by atoms with Gasteiger partial charge in [0.25, 0.3) is 5.91 Å². The number of rotatable bonds is 4. The van der Waals surface area contributed by atoms with E-state index in [1.54, 1.807) is 42.5 Å². The van der Waals surface area contributed by atoms with Crippen LogP contribution in [0.15, 0.2) is 47.6 Å². The van der Waals surface area contributed by atoms with E-state index < -0.39 is 5.91 Å². The van der Waals surface area contributed by atoms with Crippen LogP contribution in [0.3, 0.4) is 0 Å². The molecular formula is C18H15Cl2N3O3. The van der Waals surface area contributed by atoms with Crippen LogP contribution in [0.25, 0.3) is 0 Å². The first-order chi connectivity index (χ1) is 12.5. The summed E-state index contributed by atoms with van der Waals surface area (Å²) in [5.41, 5.74) is 1.22. The maximum Gasteiger partial charge on any atom is 0.271 e. The lowest BCUT2D eigenvalue weighted by atomic mass is 10.1. The van der Waals surface area contributed by atoms with Crippen molar-refractivity contribution in [2.24, 2.45) is 5.10 Å². The molecule has 0 saturated carbocycles. The first kappa shape index (κ1) is 18.2. The van der Waals surface area contributed by atoms with Crippen LogP contribution in [-0.2, 0) is 9.59 Å². The molecule has 1 N–H and O–H groups in total. The molecule has 0 fully saturated rings. The lowest BCUT2D eigenvalue weighted by molar-refractivity contribution is -0.118. The molecular weight excluding hydrogens is 377 g/mol. The van der Waals surface area contributed by atoms with E-state index in [4.69, 9.17) is 27.9 Å². The van der Waals surface area contributed by atoms with Crippen molar-refractivity contribution >= 4 is 52.1 Å². The van der Waals surface area contributed by atoms with Gasteiger partial charge in [-0.1, -0.05) is 23.2 Å². The van der Waals surface area contributed by atoms with Crippen LogP contribution < -0.4 is 15.1 Å². The molecule has 8 heteroatoms. The van der Waals surface area contributed by atoms with Gasteiger partial charge < -0.3 is 10.1 Å². The summed E-state index contributed by atoms with van der Waals surface area (Å²) in [5, 5.41) is 9.16. The van der Waals surface area contributed by atoms with Gasteiger partial charge in [0, 0.05) is 22.9 Å². The molecule has 0 radical (unpaired) electrons. The van der Waals surface area contributed by atoms with Crippen LogP contribution in [0.1, 0.15) is 12.8 Å². The normalized spacial score (nSPS) is 14.0. The second-order valence-corrected chi connectivity index (χ2v) is 6.40. The molecule has 2 aromatic carbocycles. The third kappa shape index (κ3) is 3.98. The molecule has 0 atom stereocenters. The van der Waals surface area contributed by atoms with Gasteiger partial charge in [-0.15, -0.1) is 0 Å². The van der Waals surface area contributed by atoms with E-state index in [1.807, 2.05) is 0 Å². The highest BCUT2D eigenvalue weighted by molar-refractivity contribution is 6.44. The smallest absolute Gasteiger partial charge is 0.271 e. The maximum absolute atomic E-state index is 12.6. The van der Waals surface area contributed by atoms with Crippen LogP contribution in [0.5, 0.6) is 5.75 Å². The van der Waals surface area contributed by atoms with Crippen LogP contribution in [0.2, 0.25) is 10.0 Å². The summed E-state index contributed by atoms with van der Waals surface area (Å²) in [7, 11) is 1.50. The van der Waals surface area contributed by atoms with Crippen LogP contribution in [0.4, 0.5) is 11.4 Å². The van der Waals surface area contributed by atoms with Crippen LogP contribution in [0, 0.1) is 0 Å². The van der Waals surface area contributed by atoms with Crippen molar-refractivity contribution < 1.29 is 14.3 Å². The van der Waals surface area contributed by atoms with E-state index in [0.717, 1.165) is 0 Å². The summed E-state index contributed by atoms with van der Waals surface area (Å²) in [6.07, 6.45) is 0.430. The molecule has 2 aromatic rings. The Balaban J connectivity index is 1.85. The van der Waals surface area contributed by atoms with Gasteiger partial charge in [-0.3, -0.25) is 9.59 Å².